The van der Waals surface area contributed by atoms with Gasteiger partial charge in [0.25, 0.3) is 0 Å². The van der Waals surface area contributed by atoms with Gasteiger partial charge in [-0.1, -0.05) is 17.7 Å². The highest BCUT2D eigenvalue weighted by atomic mass is 31.2. The number of methoxy groups -OCH3 is 2. The lowest BCUT2D eigenvalue weighted by molar-refractivity contribution is 0.137. The van der Waals surface area contributed by atoms with Crippen LogP contribution in [0.25, 0.3) is 0 Å². The van der Waals surface area contributed by atoms with Crippen LogP contribution in [0.15, 0.2) is 42.5 Å². The maximum Gasteiger partial charge on any atom is 0.357 e. The zero-order valence-electron chi connectivity index (χ0n) is 18.3. The Hall–Kier alpha value is -2.01. The minimum absolute atomic E-state index is 0.286. The van der Waals surface area contributed by atoms with Gasteiger partial charge in [-0.15, -0.1) is 0 Å². The highest BCUT2D eigenvalue weighted by molar-refractivity contribution is 7.54. The fourth-order valence-corrected chi connectivity index (χ4v) is 5.24. The topological polar surface area (TPSA) is 66.0 Å². The SMILES string of the molecule is COc1ccc(C(Nc2ccc(C)cc2)P(=O)(OC(C)C)OC(C)C)c(OC)c1. The van der Waals surface area contributed by atoms with E-state index in [1.165, 1.54) is 0 Å². The van der Waals surface area contributed by atoms with E-state index in [2.05, 4.69) is 5.32 Å². The van der Waals surface area contributed by atoms with Gasteiger partial charge in [0.1, 0.15) is 11.5 Å². The second-order valence-corrected chi connectivity index (χ2v) is 9.39. The summed E-state index contributed by atoms with van der Waals surface area (Å²) in [5, 5.41) is 3.35. The van der Waals surface area contributed by atoms with Crippen LogP contribution in [-0.2, 0) is 13.6 Å². The minimum Gasteiger partial charge on any atom is -0.497 e. The molecule has 0 fully saturated rings. The first kappa shape index (κ1) is 23.3. The van der Waals surface area contributed by atoms with Gasteiger partial charge in [-0.2, -0.15) is 0 Å². The molecule has 0 saturated heterocycles. The van der Waals surface area contributed by atoms with E-state index in [-0.39, 0.29) is 12.2 Å². The summed E-state index contributed by atoms with van der Waals surface area (Å²) in [5.74, 6) is 0.411. The molecule has 2 aromatic rings. The van der Waals surface area contributed by atoms with E-state index in [4.69, 9.17) is 18.5 Å². The quantitative estimate of drug-likeness (QED) is 0.463. The molecule has 0 aliphatic carbocycles. The van der Waals surface area contributed by atoms with E-state index >= 15 is 0 Å². The molecule has 0 heterocycles. The molecule has 0 aliphatic rings. The molecule has 0 radical (unpaired) electrons. The molecule has 0 amide bonds. The molecule has 1 N–H and O–H groups in total. The normalized spacial score (nSPS) is 12.9. The van der Waals surface area contributed by atoms with Crippen molar-refractivity contribution in [1.29, 1.82) is 0 Å². The smallest absolute Gasteiger partial charge is 0.357 e. The summed E-state index contributed by atoms with van der Waals surface area (Å²) in [6.07, 6.45) is -0.572. The van der Waals surface area contributed by atoms with Crippen molar-refractivity contribution < 1.29 is 23.1 Å². The second kappa shape index (κ2) is 10.1. The second-order valence-electron chi connectivity index (χ2n) is 7.37. The Morgan fingerprint density at radius 2 is 1.45 bits per heavy atom. The predicted molar refractivity (Wildman–Crippen MR) is 117 cm³/mol. The number of aryl methyl sites for hydroxylation is 1. The number of nitrogens with one attached hydrogen (secondary N) is 1. The standard InChI is InChI=1S/C22H32NO5P/c1-15(2)27-29(24,28-16(3)4)22(23-18-10-8-17(5)9-11-18)20-13-12-19(25-6)14-21(20)26-7/h8-16,22-23H,1-7H3. The Kier molecular flexibility index (Phi) is 8.14. The lowest BCUT2D eigenvalue weighted by atomic mass is 10.1. The summed E-state index contributed by atoms with van der Waals surface area (Å²) in [6, 6.07) is 13.2. The fraction of sp³-hybridized carbons (Fsp3) is 0.455. The van der Waals surface area contributed by atoms with Crippen molar-refractivity contribution in [2.45, 2.75) is 52.6 Å². The number of ether oxygens (including phenoxy) is 2. The molecule has 160 valence electrons. The molecule has 2 aromatic carbocycles. The summed E-state index contributed by atoms with van der Waals surface area (Å²) < 4.78 is 36.7. The molecule has 2 rings (SSSR count). The van der Waals surface area contributed by atoms with Crippen molar-refractivity contribution in [3.63, 3.8) is 0 Å². The molecule has 7 heteroatoms. The van der Waals surface area contributed by atoms with Gasteiger partial charge in [-0.05, 0) is 58.9 Å². The van der Waals surface area contributed by atoms with Gasteiger partial charge in [0.15, 0.2) is 5.78 Å². The molecule has 0 spiro atoms. The van der Waals surface area contributed by atoms with Crippen LogP contribution in [0.2, 0.25) is 0 Å². The van der Waals surface area contributed by atoms with Crippen molar-refractivity contribution in [3.8, 4) is 11.5 Å². The molecule has 0 aromatic heterocycles. The van der Waals surface area contributed by atoms with Crippen molar-refractivity contribution in [3.05, 3.63) is 53.6 Å². The van der Waals surface area contributed by atoms with Crippen molar-refractivity contribution in [1.82, 2.24) is 0 Å². The molecule has 1 atom stereocenters. The van der Waals surface area contributed by atoms with Crippen molar-refractivity contribution in [2.75, 3.05) is 19.5 Å². The summed E-state index contributed by atoms with van der Waals surface area (Å²) in [6.45, 7) is 9.37. The summed E-state index contributed by atoms with van der Waals surface area (Å²) in [7, 11) is -0.480. The van der Waals surface area contributed by atoms with E-state index in [9.17, 15) is 4.57 Å². The van der Waals surface area contributed by atoms with Crippen molar-refractivity contribution >= 4 is 13.3 Å². The molecule has 29 heavy (non-hydrogen) atoms. The van der Waals surface area contributed by atoms with Crippen LogP contribution in [0.5, 0.6) is 11.5 Å². The van der Waals surface area contributed by atoms with Crippen LogP contribution in [0.3, 0.4) is 0 Å². The third kappa shape index (κ3) is 6.23. The predicted octanol–water partition coefficient (Wildman–Crippen LogP) is 6.17. The Balaban J connectivity index is 2.60. The third-order valence-corrected chi connectivity index (χ3v) is 6.59. The maximum absolute atomic E-state index is 14.0. The Morgan fingerprint density at radius 1 is 0.862 bits per heavy atom. The van der Waals surface area contributed by atoms with Crippen LogP contribution in [0.1, 0.15) is 44.6 Å². The van der Waals surface area contributed by atoms with Crippen LogP contribution < -0.4 is 14.8 Å². The Morgan fingerprint density at radius 3 is 1.93 bits per heavy atom. The highest BCUT2D eigenvalue weighted by Crippen LogP contribution is 2.63. The van der Waals surface area contributed by atoms with Crippen LogP contribution >= 0.6 is 7.60 Å². The fourth-order valence-electron chi connectivity index (χ4n) is 2.91. The van der Waals surface area contributed by atoms with Gasteiger partial charge < -0.3 is 23.8 Å². The lowest BCUT2D eigenvalue weighted by Crippen LogP contribution is -2.20. The average Bonchev–Trinajstić information content (AvgIpc) is 2.65. The number of benzene rings is 2. The van der Waals surface area contributed by atoms with Gasteiger partial charge in [0.2, 0.25) is 0 Å². The van der Waals surface area contributed by atoms with E-state index in [0.717, 1.165) is 11.3 Å². The first-order valence-corrected chi connectivity index (χ1v) is 11.3. The Bertz CT molecular complexity index is 822. The van der Waals surface area contributed by atoms with Gasteiger partial charge in [0, 0.05) is 17.3 Å². The van der Waals surface area contributed by atoms with E-state index in [1.807, 2.05) is 65.0 Å². The van der Waals surface area contributed by atoms with E-state index in [0.29, 0.717) is 17.1 Å². The zero-order chi connectivity index (χ0) is 21.6. The molecular weight excluding hydrogens is 389 g/mol. The third-order valence-electron chi connectivity index (χ3n) is 4.12. The van der Waals surface area contributed by atoms with Gasteiger partial charge in [0.05, 0.1) is 26.4 Å². The largest absolute Gasteiger partial charge is 0.497 e. The first-order valence-electron chi connectivity index (χ1n) is 9.70. The van der Waals surface area contributed by atoms with Crippen LogP contribution in [0.4, 0.5) is 5.69 Å². The first-order chi connectivity index (χ1) is 13.7. The number of rotatable bonds is 10. The minimum atomic E-state index is -3.64. The number of hydrogen-bond donors (Lipinski definition) is 1. The maximum atomic E-state index is 14.0. The molecule has 0 bridgehead atoms. The molecule has 0 saturated carbocycles. The van der Waals surface area contributed by atoms with E-state index in [1.54, 1.807) is 26.4 Å². The van der Waals surface area contributed by atoms with Crippen LogP contribution in [-0.4, -0.2) is 26.4 Å². The Labute approximate surface area is 174 Å². The van der Waals surface area contributed by atoms with Gasteiger partial charge in [-0.3, -0.25) is 4.57 Å². The molecule has 6 nitrogen and oxygen atoms in total. The van der Waals surface area contributed by atoms with Gasteiger partial charge in [-0.25, -0.2) is 0 Å². The van der Waals surface area contributed by atoms with Gasteiger partial charge >= 0.3 is 7.60 Å². The zero-order valence-corrected chi connectivity index (χ0v) is 19.2. The monoisotopic (exact) mass is 421 g/mol. The number of hydrogen-bond acceptors (Lipinski definition) is 6. The van der Waals surface area contributed by atoms with E-state index < -0.39 is 13.4 Å². The molecule has 0 aliphatic heterocycles. The summed E-state index contributed by atoms with van der Waals surface area (Å²) in [4.78, 5) is 0. The van der Waals surface area contributed by atoms with Crippen LogP contribution in [0, 0.1) is 6.92 Å². The van der Waals surface area contributed by atoms with Crippen molar-refractivity contribution in [2.24, 2.45) is 0 Å². The highest BCUT2D eigenvalue weighted by Gasteiger charge is 2.41. The molecule has 1 unspecified atom stereocenters. The molecular formula is C22H32NO5P. The lowest BCUT2D eigenvalue weighted by Gasteiger charge is -2.32. The average molecular weight is 421 g/mol. The summed E-state index contributed by atoms with van der Waals surface area (Å²) in [5.41, 5.74) is 2.60. The number of anilines is 1. The summed E-state index contributed by atoms with van der Waals surface area (Å²) >= 11 is 0.